The summed E-state index contributed by atoms with van der Waals surface area (Å²) in [6.45, 7) is 3.66. The average molecular weight is 321 g/mol. The summed E-state index contributed by atoms with van der Waals surface area (Å²) in [5.41, 5.74) is 0. The van der Waals surface area contributed by atoms with Gasteiger partial charge in [-0.25, -0.2) is 0 Å². The van der Waals surface area contributed by atoms with Crippen LogP contribution < -0.4 is 0 Å². The zero-order valence-corrected chi connectivity index (χ0v) is 13.6. The average Bonchev–Trinajstić information content (AvgIpc) is 2.40. The first-order chi connectivity index (χ1) is 8.83. The molecule has 0 saturated carbocycles. The zero-order chi connectivity index (χ0) is 12.1. The Labute approximate surface area is 134 Å². The van der Waals surface area contributed by atoms with Gasteiger partial charge >= 0.3 is 0 Å². The number of hydrogen-bond donors (Lipinski definition) is 0. The SMILES string of the molecule is Cl.Cl.O=C1CCC[C@H]2[C@@H]3C[C@H](CN12)[C@H]1CCCCN1C3. The summed E-state index contributed by atoms with van der Waals surface area (Å²) in [6.07, 6.45) is 8.78. The molecule has 0 radical (unpaired) electrons. The molecule has 4 heterocycles. The minimum Gasteiger partial charge on any atom is -0.339 e. The summed E-state index contributed by atoms with van der Waals surface area (Å²) < 4.78 is 0. The van der Waals surface area contributed by atoms with Gasteiger partial charge in [0.25, 0.3) is 0 Å². The van der Waals surface area contributed by atoms with E-state index < -0.39 is 0 Å². The molecule has 0 spiro atoms. The van der Waals surface area contributed by atoms with E-state index in [9.17, 15) is 4.79 Å². The van der Waals surface area contributed by atoms with Gasteiger partial charge in [-0.15, -0.1) is 24.8 Å². The van der Waals surface area contributed by atoms with E-state index in [1.54, 1.807) is 0 Å². The first-order valence-electron chi connectivity index (χ1n) is 7.86. The van der Waals surface area contributed by atoms with Crippen molar-refractivity contribution < 1.29 is 4.79 Å². The molecule has 20 heavy (non-hydrogen) atoms. The van der Waals surface area contributed by atoms with E-state index in [0.29, 0.717) is 11.9 Å². The van der Waals surface area contributed by atoms with Crippen LogP contribution in [0.1, 0.15) is 44.9 Å². The molecule has 116 valence electrons. The Hall–Kier alpha value is 0.01000. The number of amides is 1. The third kappa shape index (κ3) is 2.57. The van der Waals surface area contributed by atoms with Gasteiger partial charge in [-0.2, -0.15) is 0 Å². The van der Waals surface area contributed by atoms with Crippen molar-refractivity contribution in [2.75, 3.05) is 19.6 Å². The van der Waals surface area contributed by atoms with Crippen LogP contribution >= 0.6 is 24.8 Å². The molecule has 4 fully saturated rings. The number of rotatable bonds is 0. The van der Waals surface area contributed by atoms with Gasteiger partial charge in [0.2, 0.25) is 5.91 Å². The fourth-order valence-corrected chi connectivity index (χ4v) is 5.10. The minimum absolute atomic E-state index is 0. The number of halogens is 2. The van der Waals surface area contributed by atoms with Crippen molar-refractivity contribution in [3.05, 3.63) is 0 Å². The Morgan fingerprint density at radius 3 is 2.50 bits per heavy atom. The Morgan fingerprint density at radius 1 is 0.900 bits per heavy atom. The molecule has 0 aromatic rings. The molecule has 0 N–H and O–H groups in total. The molecule has 1 amide bonds. The van der Waals surface area contributed by atoms with Gasteiger partial charge in [-0.05, 0) is 50.5 Å². The predicted molar refractivity (Wildman–Crippen MR) is 84.7 cm³/mol. The molecule has 4 aliphatic rings. The number of nitrogens with zero attached hydrogens (tertiary/aromatic N) is 2. The molecule has 0 unspecified atom stereocenters. The second kappa shape index (κ2) is 6.41. The lowest BCUT2D eigenvalue weighted by atomic mass is 9.71. The van der Waals surface area contributed by atoms with Gasteiger partial charge in [0, 0.05) is 31.6 Å². The highest BCUT2D eigenvalue weighted by atomic mass is 35.5. The monoisotopic (exact) mass is 320 g/mol. The molecule has 4 saturated heterocycles. The van der Waals surface area contributed by atoms with Crippen LogP contribution in [-0.4, -0.2) is 47.4 Å². The van der Waals surface area contributed by atoms with E-state index in [1.165, 1.54) is 45.2 Å². The number of carbonyl (C=O) groups is 1. The molecule has 0 aromatic heterocycles. The summed E-state index contributed by atoms with van der Waals surface area (Å²) in [4.78, 5) is 17.2. The van der Waals surface area contributed by atoms with Crippen molar-refractivity contribution in [1.82, 2.24) is 9.80 Å². The van der Waals surface area contributed by atoms with Gasteiger partial charge in [0.15, 0.2) is 0 Å². The summed E-state index contributed by atoms with van der Waals surface area (Å²) in [5, 5.41) is 0. The van der Waals surface area contributed by atoms with E-state index in [2.05, 4.69) is 9.80 Å². The standard InChI is InChI=1S/C15H24N2O.2ClH/c18-15-6-3-5-14-11-8-12(10-17(14)15)13-4-1-2-7-16(13)9-11;;/h11-14H,1-10H2;2*1H/t11-,12-,13-,14+;;/m1../s1. The van der Waals surface area contributed by atoms with E-state index in [0.717, 1.165) is 37.3 Å². The molecule has 0 aliphatic carbocycles. The lowest BCUT2D eigenvalue weighted by Crippen LogP contribution is -2.64. The first-order valence-corrected chi connectivity index (χ1v) is 7.86. The molecule has 3 nitrogen and oxygen atoms in total. The molecule has 0 aromatic carbocycles. The number of hydrogen-bond acceptors (Lipinski definition) is 2. The first kappa shape index (κ1) is 16.4. The van der Waals surface area contributed by atoms with Gasteiger partial charge in [0.1, 0.15) is 0 Å². The Bertz CT molecular complexity index is 366. The highest BCUT2D eigenvalue weighted by molar-refractivity contribution is 5.85. The fourth-order valence-electron chi connectivity index (χ4n) is 5.10. The van der Waals surface area contributed by atoms with Crippen LogP contribution in [0.3, 0.4) is 0 Å². The molecule has 4 aliphatic heterocycles. The third-order valence-corrected chi connectivity index (χ3v) is 5.87. The highest BCUT2D eigenvalue weighted by Crippen LogP contribution is 2.42. The maximum atomic E-state index is 12.1. The molecule has 4 atom stereocenters. The maximum absolute atomic E-state index is 12.1. The fraction of sp³-hybridized carbons (Fsp3) is 0.933. The lowest BCUT2D eigenvalue weighted by molar-refractivity contribution is -0.148. The van der Waals surface area contributed by atoms with Crippen molar-refractivity contribution in [1.29, 1.82) is 0 Å². The Morgan fingerprint density at radius 2 is 1.65 bits per heavy atom. The van der Waals surface area contributed by atoms with Gasteiger partial charge < -0.3 is 4.90 Å². The van der Waals surface area contributed by atoms with E-state index >= 15 is 0 Å². The van der Waals surface area contributed by atoms with Crippen molar-refractivity contribution in [3.8, 4) is 0 Å². The van der Waals surface area contributed by atoms with Crippen LogP contribution in [0.25, 0.3) is 0 Å². The third-order valence-electron chi connectivity index (χ3n) is 5.87. The molecule has 2 bridgehead atoms. The van der Waals surface area contributed by atoms with E-state index in [-0.39, 0.29) is 24.8 Å². The van der Waals surface area contributed by atoms with Crippen molar-refractivity contribution >= 4 is 30.7 Å². The molecule has 5 heteroatoms. The minimum atomic E-state index is 0. The quantitative estimate of drug-likeness (QED) is 0.685. The second-order valence-corrected chi connectivity index (χ2v) is 6.82. The molecular weight excluding hydrogens is 295 g/mol. The van der Waals surface area contributed by atoms with Gasteiger partial charge in [0.05, 0.1) is 0 Å². The van der Waals surface area contributed by atoms with Crippen molar-refractivity contribution in [2.24, 2.45) is 11.8 Å². The second-order valence-electron chi connectivity index (χ2n) is 6.82. The van der Waals surface area contributed by atoms with E-state index in [4.69, 9.17) is 0 Å². The van der Waals surface area contributed by atoms with E-state index in [1.807, 2.05) is 0 Å². The van der Waals surface area contributed by atoms with Crippen LogP contribution in [0, 0.1) is 11.8 Å². The van der Waals surface area contributed by atoms with Crippen LogP contribution in [0.2, 0.25) is 0 Å². The largest absolute Gasteiger partial charge is 0.339 e. The van der Waals surface area contributed by atoms with Crippen LogP contribution in [0.15, 0.2) is 0 Å². The van der Waals surface area contributed by atoms with Gasteiger partial charge in [-0.3, -0.25) is 9.69 Å². The normalized spacial score (nSPS) is 40.0. The van der Waals surface area contributed by atoms with Crippen LogP contribution in [0.4, 0.5) is 0 Å². The summed E-state index contributed by atoms with van der Waals surface area (Å²) >= 11 is 0. The summed E-state index contributed by atoms with van der Waals surface area (Å²) in [7, 11) is 0. The van der Waals surface area contributed by atoms with Crippen molar-refractivity contribution in [2.45, 2.75) is 57.0 Å². The molecular formula is C15H26Cl2N2O. The number of piperidine rings is 4. The van der Waals surface area contributed by atoms with Crippen LogP contribution in [0.5, 0.6) is 0 Å². The summed E-state index contributed by atoms with van der Waals surface area (Å²) in [5.74, 6) is 2.01. The van der Waals surface area contributed by atoms with Crippen LogP contribution in [-0.2, 0) is 4.79 Å². The smallest absolute Gasteiger partial charge is 0.222 e. The Kier molecular flexibility index (Phi) is 5.25. The highest BCUT2D eigenvalue weighted by Gasteiger charge is 2.47. The topological polar surface area (TPSA) is 23.6 Å². The molecule has 4 rings (SSSR count). The number of fused-ring (bicyclic) bond motifs is 6. The Balaban J connectivity index is 0.000000735. The summed E-state index contributed by atoms with van der Waals surface area (Å²) in [6, 6.07) is 1.39. The maximum Gasteiger partial charge on any atom is 0.222 e. The zero-order valence-electron chi connectivity index (χ0n) is 12.0. The number of carbonyl (C=O) groups excluding carboxylic acids is 1. The van der Waals surface area contributed by atoms with Crippen molar-refractivity contribution in [3.63, 3.8) is 0 Å². The van der Waals surface area contributed by atoms with Gasteiger partial charge in [-0.1, -0.05) is 6.42 Å². The lowest BCUT2D eigenvalue weighted by Gasteiger charge is -2.56. The predicted octanol–water partition coefficient (Wildman–Crippen LogP) is 2.72.